The van der Waals surface area contributed by atoms with Crippen molar-refractivity contribution in [2.24, 2.45) is 11.8 Å². The Morgan fingerprint density at radius 2 is 1.67 bits per heavy atom. The van der Waals surface area contributed by atoms with Crippen LogP contribution in [0.5, 0.6) is 0 Å². The molecule has 104 valence electrons. The zero-order valence-corrected chi connectivity index (χ0v) is 11.5. The topological polar surface area (TPSA) is 77.8 Å². The van der Waals surface area contributed by atoms with Crippen LogP contribution in [0.3, 0.4) is 0 Å². The van der Waals surface area contributed by atoms with E-state index in [4.69, 9.17) is 5.11 Å². The second-order valence-electron chi connectivity index (χ2n) is 5.15. The van der Waals surface area contributed by atoms with Crippen LogP contribution >= 0.6 is 0 Å². The summed E-state index contributed by atoms with van der Waals surface area (Å²) in [7, 11) is 0. The van der Waals surface area contributed by atoms with E-state index in [1.165, 1.54) is 0 Å². The fourth-order valence-electron chi connectivity index (χ4n) is 1.92. The average molecular weight is 257 g/mol. The summed E-state index contributed by atoms with van der Waals surface area (Å²) in [5, 5.41) is 18.2. The highest BCUT2D eigenvalue weighted by molar-refractivity contribution is 5.74. The third-order valence-electron chi connectivity index (χ3n) is 2.68. The van der Waals surface area contributed by atoms with Crippen LogP contribution in [0.15, 0.2) is 12.2 Å². The molecule has 0 aromatic heterocycles. The molecule has 5 nitrogen and oxygen atoms in total. The number of aliphatic carboxylic acids is 2. The van der Waals surface area contributed by atoms with Gasteiger partial charge in [-0.25, -0.2) is 0 Å². The molecule has 0 rings (SSSR count). The van der Waals surface area contributed by atoms with Crippen LogP contribution in [0.1, 0.15) is 27.7 Å². The predicted molar refractivity (Wildman–Crippen MR) is 69.4 cm³/mol. The lowest BCUT2D eigenvalue weighted by Crippen LogP contribution is -2.48. The Morgan fingerprint density at radius 3 is 1.94 bits per heavy atom. The molecule has 0 saturated carbocycles. The van der Waals surface area contributed by atoms with E-state index in [2.05, 4.69) is 6.58 Å². The Balaban J connectivity index is 5.00. The van der Waals surface area contributed by atoms with Crippen molar-refractivity contribution in [1.82, 2.24) is 4.90 Å². The van der Waals surface area contributed by atoms with Gasteiger partial charge in [-0.05, 0) is 12.8 Å². The van der Waals surface area contributed by atoms with Crippen molar-refractivity contribution in [2.75, 3.05) is 13.1 Å². The molecule has 18 heavy (non-hydrogen) atoms. The van der Waals surface area contributed by atoms with E-state index < -0.39 is 23.9 Å². The molecule has 0 aromatic rings. The summed E-state index contributed by atoms with van der Waals surface area (Å²) < 4.78 is 0. The monoisotopic (exact) mass is 257 g/mol. The molecule has 2 atom stereocenters. The molecule has 0 fully saturated rings. The van der Waals surface area contributed by atoms with E-state index in [1.807, 2.05) is 13.8 Å². The molecular weight excluding hydrogens is 234 g/mol. The second kappa shape index (κ2) is 7.16. The molecule has 0 aliphatic rings. The molecular formula is C13H23NO4. The molecule has 0 radical (unpaired) electrons. The van der Waals surface area contributed by atoms with Crippen LogP contribution < -0.4 is 0 Å². The van der Waals surface area contributed by atoms with Gasteiger partial charge in [-0.2, -0.15) is 0 Å². The van der Waals surface area contributed by atoms with E-state index >= 15 is 0 Å². The largest absolute Gasteiger partial charge is 0.481 e. The van der Waals surface area contributed by atoms with E-state index in [0.29, 0.717) is 6.54 Å². The van der Waals surface area contributed by atoms with E-state index in [-0.39, 0.29) is 12.5 Å². The number of hydrogen-bond acceptors (Lipinski definition) is 3. The van der Waals surface area contributed by atoms with E-state index in [1.54, 1.807) is 18.7 Å². The van der Waals surface area contributed by atoms with Crippen molar-refractivity contribution < 1.29 is 19.8 Å². The fraction of sp³-hybridized carbons (Fsp3) is 0.692. The summed E-state index contributed by atoms with van der Waals surface area (Å²) in [4.78, 5) is 23.9. The first-order valence-electron chi connectivity index (χ1n) is 6.00. The molecule has 2 unspecified atom stereocenters. The zero-order valence-electron chi connectivity index (χ0n) is 11.5. The molecule has 0 saturated heterocycles. The van der Waals surface area contributed by atoms with Crippen molar-refractivity contribution in [3.63, 3.8) is 0 Å². The second-order valence-corrected chi connectivity index (χ2v) is 5.15. The van der Waals surface area contributed by atoms with Gasteiger partial charge in [-0.1, -0.05) is 32.9 Å². The minimum absolute atomic E-state index is 0.0946. The maximum atomic E-state index is 11.3. The Morgan fingerprint density at radius 1 is 1.17 bits per heavy atom. The highest BCUT2D eigenvalue weighted by Crippen LogP contribution is 2.15. The summed E-state index contributed by atoms with van der Waals surface area (Å²) in [6.07, 6.45) is 0. The first-order valence-corrected chi connectivity index (χ1v) is 6.00. The number of rotatable bonds is 8. The molecule has 0 heterocycles. The molecule has 0 aliphatic heterocycles. The lowest BCUT2D eigenvalue weighted by Gasteiger charge is -2.32. The lowest BCUT2D eigenvalue weighted by atomic mass is 10.00. The Labute approximate surface area is 108 Å². The van der Waals surface area contributed by atoms with Crippen molar-refractivity contribution in [2.45, 2.75) is 33.7 Å². The number of nitrogens with zero attached hydrogens (tertiary/aromatic N) is 1. The van der Waals surface area contributed by atoms with Crippen molar-refractivity contribution in [1.29, 1.82) is 0 Å². The van der Waals surface area contributed by atoms with Gasteiger partial charge in [0.15, 0.2) is 0 Å². The third kappa shape index (κ3) is 5.31. The standard InChI is InChI=1S/C13H23NO4/c1-8(2)6-14(7-10(5)12(15)16)11(9(3)4)13(17)18/h9-11H,1,6-7H2,2-5H3,(H,15,16)(H,17,18). The normalized spacial score (nSPS) is 14.6. The van der Waals surface area contributed by atoms with Gasteiger partial charge in [-0.15, -0.1) is 0 Å². The van der Waals surface area contributed by atoms with Gasteiger partial charge in [0.2, 0.25) is 0 Å². The van der Waals surface area contributed by atoms with Crippen LogP contribution in [-0.4, -0.2) is 46.2 Å². The van der Waals surface area contributed by atoms with Crippen LogP contribution in [0.25, 0.3) is 0 Å². The van der Waals surface area contributed by atoms with Crippen LogP contribution in [0.4, 0.5) is 0 Å². The quantitative estimate of drug-likeness (QED) is 0.647. The van der Waals surface area contributed by atoms with Gasteiger partial charge in [0, 0.05) is 13.1 Å². The van der Waals surface area contributed by atoms with Gasteiger partial charge in [-0.3, -0.25) is 14.5 Å². The van der Waals surface area contributed by atoms with Gasteiger partial charge in [0.1, 0.15) is 6.04 Å². The van der Waals surface area contributed by atoms with E-state index in [9.17, 15) is 14.7 Å². The Bertz CT molecular complexity index is 325. The minimum Gasteiger partial charge on any atom is -0.481 e. The highest BCUT2D eigenvalue weighted by Gasteiger charge is 2.30. The molecule has 0 aliphatic carbocycles. The number of hydrogen-bond donors (Lipinski definition) is 2. The lowest BCUT2D eigenvalue weighted by molar-refractivity contribution is -0.148. The molecule has 0 spiro atoms. The Hall–Kier alpha value is -1.36. The first-order chi connectivity index (χ1) is 8.16. The van der Waals surface area contributed by atoms with Gasteiger partial charge in [0.25, 0.3) is 0 Å². The van der Waals surface area contributed by atoms with Crippen LogP contribution in [0.2, 0.25) is 0 Å². The van der Waals surface area contributed by atoms with Crippen molar-refractivity contribution in [3.05, 3.63) is 12.2 Å². The summed E-state index contributed by atoms with van der Waals surface area (Å²) in [6.45, 7) is 11.4. The SMILES string of the molecule is C=C(C)CN(CC(C)C(=O)O)C(C(=O)O)C(C)C. The minimum atomic E-state index is -0.927. The maximum Gasteiger partial charge on any atom is 0.321 e. The number of carboxylic acids is 2. The van der Waals surface area contributed by atoms with E-state index in [0.717, 1.165) is 5.57 Å². The summed E-state index contributed by atoms with van der Waals surface area (Å²) in [6, 6.07) is -0.691. The molecule has 0 aromatic carbocycles. The summed E-state index contributed by atoms with van der Waals surface area (Å²) in [5.41, 5.74) is 0.819. The predicted octanol–water partition coefficient (Wildman–Crippen LogP) is 1.69. The van der Waals surface area contributed by atoms with Crippen LogP contribution in [0, 0.1) is 11.8 Å². The average Bonchev–Trinajstić information content (AvgIpc) is 2.14. The highest BCUT2D eigenvalue weighted by atomic mass is 16.4. The van der Waals surface area contributed by atoms with Crippen molar-refractivity contribution >= 4 is 11.9 Å². The zero-order chi connectivity index (χ0) is 14.5. The first kappa shape index (κ1) is 16.6. The Kier molecular flexibility index (Phi) is 6.62. The molecule has 0 bridgehead atoms. The summed E-state index contributed by atoms with van der Waals surface area (Å²) >= 11 is 0. The summed E-state index contributed by atoms with van der Waals surface area (Å²) in [5.74, 6) is -2.55. The fourth-order valence-corrected chi connectivity index (χ4v) is 1.92. The molecule has 2 N–H and O–H groups in total. The number of carboxylic acid groups (broad SMARTS) is 2. The molecule has 0 amide bonds. The van der Waals surface area contributed by atoms with Crippen molar-refractivity contribution in [3.8, 4) is 0 Å². The van der Waals surface area contributed by atoms with Gasteiger partial charge >= 0.3 is 11.9 Å². The smallest absolute Gasteiger partial charge is 0.321 e. The van der Waals surface area contributed by atoms with Crippen LogP contribution in [-0.2, 0) is 9.59 Å². The number of carbonyl (C=O) groups is 2. The van der Waals surface area contributed by atoms with Gasteiger partial charge in [0.05, 0.1) is 5.92 Å². The maximum absolute atomic E-state index is 11.3. The van der Waals surface area contributed by atoms with Gasteiger partial charge < -0.3 is 10.2 Å². The third-order valence-corrected chi connectivity index (χ3v) is 2.68. The molecule has 5 heteroatoms.